The highest BCUT2D eigenvalue weighted by molar-refractivity contribution is 7.47. The molecule has 10 heteroatoms. The summed E-state index contributed by atoms with van der Waals surface area (Å²) in [5, 5.41) is 18.4. The molecule has 3 unspecified atom stereocenters. The first-order valence-electron chi connectivity index (χ1n) is 22.6. The molecule has 0 saturated carbocycles. The molecule has 0 spiro atoms. The number of ether oxygens (including phenoxy) is 2. The molecule has 0 fully saturated rings. The van der Waals surface area contributed by atoms with E-state index in [9.17, 15) is 19.4 Å². The molecule has 3 atom stereocenters. The van der Waals surface area contributed by atoms with Crippen molar-refractivity contribution in [1.82, 2.24) is 0 Å². The molecule has 0 bridgehead atoms. The second kappa shape index (κ2) is 43.0. The Morgan fingerprint density at radius 1 is 0.554 bits per heavy atom. The van der Waals surface area contributed by atoms with Crippen molar-refractivity contribution in [3.8, 4) is 0 Å². The van der Waals surface area contributed by atoms with Crippen LogP contribution in [0.2, 0.25) is 0 Å². The summed E-state index contributed by atoms with van der Waals surface area (Å²) in [6, 6.07) is 0. The second-order valence-corrected chi connectivity index (χ2v) is 16.5. The van der Waals surface area contributed by atoms with Crippen molar-refractivity contribution in [2.75, 3.05) is 33.0 Å². The van der Waals surface area contributed by atoms with Gasteiger partial charge in [0.1, 0.15) is 12.2 Å². The highest BCUT2D eigenvalue weighted by atomic mass is 31.2. The Bertz CT molecular complexity index is 1010. The van der Waals surface area contributed by atoms with Crippen LogP contribution in [0, 0.1) is 0 Å². The molecule has 0 aromatic carbocycles. The molecule has 0 heterocycles. The lowest BCUT2D eigenvalue weighted by atomic mass is 10.1. The second-order valence-electron chi connectivity index (χ2n) is 15.1. The Hall–Kier alpha value is -1.58. The van der Waals surface area contributed by atoms with Gasteiger partial charge >= 0.3 is 13.8 Å². The van der Waals surface area contributed by atoms with E-state index in [0.717, 1.165) is 70.6 Å². The van der Waals surface area contributed by atoms with Crippen LogP contribution in [0.3, 0.4) is 0 Å². The summed E-state index contributed by atoms with van der Waals surface area (Å²) in [7, 11) is -4.52. The third-order valence-corrected chi connectivity index (χ3v) is 10.4. The van der Waals surface area contributed by atoms with Gasteiger partial charge in [0.15, 0.2) is 0 Å². The standard InChI is InChI=1S/C46H85O9P/c1-3-5-7-9-11-13-15-17-19-21-22-24-26-28-30-32-34-36-38-46(49)55-45(43-54-56(50,51)53-41-44(48)40-47)42-52-39-37-35-33-31-29-27-25-23-20-18-16-14-12-10-8-6-4-2/h13-16,19-21,23,44-45,47-48H,3-12,17-18,22,24-43H2,1-2H3,(H,50,51)/b15-13-,16-14-,21-19-,23-20-. The maximum Gasteiger partial charge on any atom is 0.472 e. The molecule has 0 aliphatic heterocycles. The van der Waals surface area contributed by atoms with Gasteiger partial charge in [0.2, 0.25) is 0 Å². The Morgan fingerprint density at radius 3 is 1.43 bits per heavy atom. The molecule has 9 nitrogen and oxygen atoms in total. The molecular formula is C46H85O9P. The van der Waals surface area contributed by atoms with Gasteiger partial charge in [-0.15, -0.1) is 0 Å². The van der Waals surface area contributed by atoms with Crippen molar-refractivity contribution in [2.45, 2.75) is 206 Å². The van der Waals surface area contributed by atoms with E-state index in [4.69, 9.17) is 23.6 Å². The molecule has 0 radical (unpaired) electrons. The molecular weight excluding hydrogens is 727 g/mol. The van der Waals surface area contributed by atoms with Gasteiger partial charge in [0.25, 0.3) is 0 Å². The van der Waals surface area contributed by atoms with Gasteiger partial charge in [-0.05, 0) is 77.0 Å². The number of carbonyl (C=O) groups is 1. The van der Waals surface area contributed by atoms with E-state index in [1.165, 1.54) is 103 Å². The maximum atomic E-state index is 12.6. The van der Waals surface area contributed by atoms with Gasteiger partial charge in [0.05, 0.1) is 26.4 Å². The zero-order chi connectivity index (χ0) is 41.1. The lowest BCUT2D eigenvalue weighted by Gasteiger charge is -2.20. The van der Waals surface area contributed by atoms with E-state index in [0.29, 0.717) is 6.61 Å². The minimum atomic E-state index is -4.52. The number of aliphatic hydroxyl groups is 2. The number of phosphoric ester groups is 1. The fraction of sp³-hybridized carbons (Fsp3) is 0.804. The van der Waals surface area contributed by atoms with Crippen LogP contribution in [0.5, 0.6) is 0 Å². The predicted molar refractivity (Wildman–Crippen MR) is 233 cm³/mol. The zero-order valence-electron chi connectivity index (χ0n) is 35.8. The number of hydrogen-bond acceptors (Lipinski definition) is 8. The quantitative estimate of drug-likeness (QED) is 0.0238. The summed E-state index contributed by atoms with van der Waals surface area (Å²) < 4.78 is 33.4. The average molecular weight is 813 g/mol. The third-order valence-electron chi connectivity index (χ3n) is 9.49. The summed E-state index contributed by atoms with van der Waals surface area (Å²) in [5.41, 5.74) is 0. The van der Waals surface area contributed by atoms with E-state index in [1.807, 2.05) is 0 Å². The van der Waals surface area contributed by atoms with Crippen LogP contribution in [0.4, 0.5) is 0 Å². The first-order valence-corrected chi connectivity index (χ1v) is 24.1. The van der Waals surface area contributed by atoms with Crippen molar-refractivity contribution >= 4 is 13.8 Å². The highest BCUT2D eigenvalue weighted by Crippen LogP contribution is 2.43. The lowest BCUT2D eigenvalue weighted by molar-refractivity contribution is -0.154. The van der Waals surface area contributed by atoms with Crippen molar-refractivity contribution in [3.05, 3.63) is 48.6 Å². The number of unbranched alkanes of at least 4 members (excludes halogenated alkanes) is 21. The predicted octanol–water partition coefficient (Wildman–Crippen LogP) is 12.6. The molecule has 0 aromatic heterocycles. The number of aliphatic hydroxyl groups excluding tert-OH is 2. The Labute approximate surface area is 343 Å². The summed E-state index contributed by atoms with van der Waals surface area (Å²) in [5.74, 6) is -0.395. The van der Waals surface area contributed by atoms with Crippen LogP contribution in [-0.2, 0) is 27.9 Å². The number of rotatable bonds is 43. The smallest absolute Gasteiger partial charge is 0.457 e. The maximum absolute atomic E-state index is 12.6. The van der Waals surface area contributed by atoms with Gasteiger partial charge in [-0.25, -0.2) is 4.57 Å². The molecule has 0 rings (SSSR count). The van der Waals surface area contributed by atoms with Gasteiger partial charge in [-0.2, -0.15) is 0 Å². The van der Waals surface area contributed by atoms with Crippen LogP contribution >= 0.6 is 7.82 Å². The van der Waals surface area contributed by atoms with Gasteiger partial charge in [-0.3, -0.25) is 13.8 Å². The molecule has 56 heavy (non-hydrogen) atoms. The molecule has 328 valence electrons. The van der Waals surface area contributed by atoms with E-state index in [-0.39, 0.29) is 19.6 Å². The summed E-state index contributed by atoms with van der Waals surface area (Å²) in [6.07, 6.45) is 47.7. The van der Waals surface area contributed by atoms with Crippen molar-refractivity contribution in [2.24, 2.45) is 0 Å². The minimum Gasteiger partial charge on any atom is -0.457 e. The van der Waals surface area contributed by atoms with Crippen molar-refractivity contribution in [3.63, 3.8) is 0 Å². The fourth-order valence-corrected chi connectivity index (χ4v) is 6.79. The van der Waals surface area contributed by atoms with Crippen LogP contribution in [0.15, 0.2) is 48.6 Å². The summed E-state index contributed by atoms with van der Waals surface area (Å²) >= 11 is 0. The van der Waals surface area contributed by atoms with Gasteiger partial charge in [0, 0.05) is 13.0 Å². The average Bonchev–Trinajstić information content (AvgIpc) is 3.19. The van der Waals surface area contributed by atoms with Crippen LogP contribution in [0.1, 0.15) is 194 Å². The third kappa shape index (κ3) is 42.0. The number of allylic oxidation sites excluding steroid dienone is 8. The molecule has 0 aromatic rings. The van der Waals surface area contributed by atoms with E-state index >= 15 is 0 Å². The first kappa shape index (κ1) is 54.4. The van der Waals surface area contributed by atoms with E-state index in [2.05, 4.69) is 62.5 Å². The largest absolute Gasteiger partial charge is 0.472 e. The van der Waals surface area contributed by atoms with Crippen LogP contribution in [0.25, 0.3) is 0 Å². The number of hydrogen-bond donors (Lipinski definition) is 3. The normalized spacial score (nSPS) is 14.4. The topological polar surface area (TPSA) is 132 Å². The van der Waals surface area contributed by atoms with Crippen LogP contribution in [-0.4, -0.2) is 66.3 Å². The fourth-order valence-electron chi connectivity index (χ4n) is 6.00. The Balaban J connectivity index is 4.19. The van der Waals surface area contributed by atoms with Gasteiger partial charge < -0.3 is 24.6 Å². The molecule has 0 aliphatic rings. The number of esters is 1. The minimum absolute atomic E-state index is 0.0381. The highest BCUT2D eigenvalue weighted by Gasteiger charge is 2.26. The van der Waals surface area contributed by atoms with Crippen molar-refractivity contribution < 1.29 is 43.0 Å². The number of phosphoric acid groups is 1. The van der Waals surface area contributed by atoms with Crippen molar-refractivity contribution in [1.29, 1.82) is 0 Å². The lowest BCUT2D eigenvalue weighted by Crippen LogP contribution is -2.29. The van der Waals surface area contributed by atoms with E-state index < -0.39 is 39.2 Å². The van der Waals surface area contributed by atoms with Gasteiger partial charge in [-0.1, -0.05) is 159 Å². The first-order chi connectivity index (χ1) is 27.3. The Morgan fingerprint density at radius 2 is 0.964 bits per heavy atom. The van der Waals surface area contributed by atoms with Crippen LogP contribution < -0.4 is 0 Å². The zero-order valence-corrected chi connectivity index (χ0v) is 36.7. The molecule has 0 amide bonds. The monoisotopic (exact) mass is 813 g/mol. The molecule has 0 saturated heterocycles. The SMILES string of the molecule is CCCCCC/C=C\C/C=C\CCCCCCCCCC(=O)OC(COCCCCCCCC/C=C\C/C=C\CCCCCC)COP(=O)(O)OCC(O)CO. The summed E-state index contributed by atoms with van der Waals surface area (Å²) in [4.78, 5) is 22.6. The molecule has 3 N–H and O–H groups in total. The summed E-state index contributed by atoms with van der Waals surface area (Å²) in [6.45, 7) is 3.46. The van der Waals surface area contributed by atoms with E-state index in [1.54, 1.807) is 0 Å². The number of carbonyl (C=O) groups excluding carboxylic acids is 1. The molecule has 0 aliphatic carbocycles. The Kier molecular flexibility index (Phi) is 41.8.